The van der Waals surface area contributed by atoms with Gasteiger partial charge >= 0.3 is 12.0 Å². The van der Waals surface area contributed by atoms with Crippen molar-refractivity contribution < 1.29 is 23.9 Å². The lowest BCUT2D eigenvalue weighted by Gasteiger charge is -2.33. The molecule has 34 heavy (non-hydrogen) atoms. The topological polar surface area (TPSA) is 113 Å². The maximum absolute atomic E-state index is 13.8. The Labute approximate surface area is 200 Å². The van der Waals surface area contributed by atoms with Gasteiger partial charge in [-0.15, -0.1) is 0 Å². The van der Waals surface area contributed by atoms with Gasteiger partial charge in [0, 0.05) is 32.4 Å². The smallest absolute Gasteiger partial charge is 0.328 e. The number of nitrogens with zero attached hydrogens (tertiary/aromatic N) is 3. The Morgan fingerprint density at radius 2 is 1.71 bits per heavy atom. The van der Waals surface area contributed by atoms with Crippen LogP contribution < -0.4 is 10.6 Å². The molecule has 3 aliphatic rings. The number of hydrogen-bond donors (Lipinski definition) is 2. The molecule has 2 aliphatic heterocycles. The molecular formula is C24H35N5O5. The van der Waals surface area contributed by atoms with E-state index in [1.165, 1.54) is 23.3 Å². The second kappa shape index (κ2) is 10.5. The van der Waals surface area contributed by atoms with Crippen LogP contribution >= 0.6 is 0 Å². The molecule has 0 unspecified atom stereocenters. The Kier molecular flexibility index (Phi) is 7.43. The summed E-state index contributed by atoms with van der Waals surface area (Å²) in [6.45, 7) is 0.758. The Bertz CT molecular complexity index is 925. The molecule has 3 heterocycles. The van der Waals surface area contributed by atoms with Gasteiger partial charge in [0.25, 0.3) is 5.91 Å². The van der Waals surface area contributed by atoms with E-state index in [0.29, 0.717) is 38.0 Å². The number of amides is 4. The van der Waals surface area contributed by atoms with Crippen LogP contribution in [0.15, 0.2) is 18.3 Å². The second-order valence-corrected chi connectivity index (χ2v) is 9.51. The highest BCUT2D eigenvalue weighted by Gasteiger charge is 2.48. The summed E-state index contributed by atoms with van der Waals surface area (Å²) in [6, 6.07) is 1.22. The summed E-state index contributed by atoms with van der Waals surface area (Å²) in [5.74, 6) is -1.05. The molecule has 1 aromatic rings. The number of carbonyl (C=O) groups is 4. The largest absolute Gasteiger partial charge is 0.467 e. The number of methoxy groups -OCH3 is 1. The van der Waals surface area contributed by atoms with Crippen LogP contribution in [0.2, 0.25) is 0 Å². The van der Waals surface area contributed by atoms with Gasteiger partial charge in [-0.1, -0.05) is 19.3 Å². The lowest BCUT2D eigenvalue weighted by atomic mass is 9.96. The highest BCUT2D eigenvalue weighted by Crippen LogP contribution is 2.27. The first-order valence-electron chi connectivity index (χ1n) is 12.3. The van der Waals surface area contributed by atoms with Gasteiger partial charge in [-0.05, 0) is 44.2 Å². The van der Waals surface area contributed by atoms with E-state index in [4.69, 9.17) is 4.74 Å². The third kappa shape index (κ3) is 4.90. The molecule has 3 fully saturated rings. The van der Waals surface area contributed by atoms with Crippen LogP contribution in [0.1, 0.15) is 61.9 Å². The first kappa shape index (κ1) is 24.1. The molecule has 0 spiro atoms. The third-order valence-electron chi connectivity index (χ3n) is 7.34. The SMILES string of the molecule is COC(=O)[C@H]1CCCN1C(=O)[C@@H]1[C@@H](NC(=O)NC2CCCCC2)CCN1C(=O)c1cccn1C. The molecule has 0 aromatic carbocycles. The summed E-state index contributed by atoms with van der Waals surface area (Å²) in [5, 5.41) is 6.00. The average Bonchev–Trinajstić information content (AvgIpc) is 3.58. The van der Waals surface area contributed by atoms with Gasteiger partial charge in [-0.2, -0.15) is 0 Å². The first-order valence-corrected chi connectivity index (χ1v) is 12.3. The van der Waals surface area contributed by atoms with Crippen molar-refractivity contribution in [2.75, 3.05) is 20.2 Å². The molecule has 1 aromatic heterocycles. The Morgan fingerprint density at radius 1 is 0.941 bits per heavy atom. The maximum atomic E-state index is 13.8. The number of aromatic nitrogens is 1. The summed E-state index contributed by atoms with van der Waals surface area (Å²) in [6.07, 6.45) is 8.73. The van der Waals surface area contributed by atoms with Gasteiger partial charge in [0.05, 0.1) is 13.2 Å². The minimum Gasteiger partial charge on any atom is -0.467 e. The molecule has 4 rings (SSSR count). The van der Waals surface area contributed by atoms with Crippen molar-refractivity contribution in [1.82, 2.24) is 25.0 Å². The number of rotatable bonds is 5. The lowest BCUT2D eigenvalue weighted by molar-refractivity contribution is -0.152. The van der Waals surface area contributed by atoms with Crippen molar-refractivity contribution in [1.29, 1.82) is 0 Å². The van der Waals surface area contributed by atoms with E-state index in [1.54, 1.807) is 29.9 Å². The van der Waals surface area contributed by atoms with Crippen LogP contribution in [0.25, 0.3) is 0 Å². The van der Waals surface area contributed by atoms with Gasteiger partial charge in [-0.3, -0.25) is 9.59 Å². The molecule has 2 N–H and O–H groups in total. The standard InChI is InChI=1S/C24H35N5O5/c1-27-13-6-10-18(27)21(30)29-15-12-17(26-24(33)25-16-8-4-3-5-9-16)20(29)22(31)28-14-7-11-19(28)23(32)34-2/h6,10,13,16-17,19-20H,3-5,7-9,11-12,14-15H2,1-2H3,(H2,25,26,33)/t17-,19+,20-/m0/s1. The summed E-state index contributed by atoms with van der Waals surface area (Å²) < 4.78 is 6.62. The van der Waals surface area contributed by atoms with Crippen molar-refractivity contribution in [2.45, 2.75) is 75.5 Å². The predicted molar refractivity (Wildman–Crippen MR) is 124 cm³/mol. The number of aryl methyl sites for hydroxylation is 1. The predicted octanol–water partition coefficient (Wildman–Crippen LogP) is 1.40. The number of ether oxygens (including phenoxy) is 1. The molecule has 3 atom stereocenters. The zero-order chi connectivity index (χ0) is 24.2. The second-order valence-electron chi connectivity index (χ2n) is 9.51. The molecule has 0 bridgehead atoms. The fourth-order valence-electron chi connectivity index (χ4n) is 5.53. The summed E-state index contributed by atoms with van der Waals surface area (Å²) in [5.41, 5.74) is 0.469. The molecule has 4 amide bonds. The number of hydrogen-bond acceptors (Lipinski definition) is 5. The van der Waals surface area contributed by atoms with E-state index >= 15 is 0 Å². The normalized spacial score (nSPS) is 25.3. The van der Waals surface area contributed by atoms with Crippen LogP contribution in [0.3, 0.4) is 0 Å². The van der Waals surface area contributed by atoms with Crippen molar-refractivity contribution >= 4 is 23.8 Å². The van der Waals surface area contributed by atoms with Crippen molar-refractivity contribution in [2.24, 2.45) is 7.05 Å². The molecule has 10 heteroatoms. The van der Waals surface area contributed by atoms with Gasteiger partial charge in [0.1, 0.15) is 17.8 Å². The summed E-state index contributed by atoms with van der Waals surface area (Å²) >= 11 is 0. The molecule has 1 saturated carbocycles. The monoisotopic (exact) mass is 473 g/mol. The van der Waals surface area contributed by atoms with Crippen molar-refractivity contribution in [3.8, 4) is 0 Å². The summed E-state index contributed by atoms with van der Waals surface area (Å²) in [7, 11) is 3.09. The fraction of sp³-hybridized carbons (Fsp3) is 0.667. The minimum absolute atomic E-state index is 0.132. The zero-order valence-electron chi connectivity index (χ0n) is 20.0. The Morgan fingerprint density at radius 3 is 2.38 bits per heavy atom. The number of carbonyl (C=O) groups excluding carboxylic acids is 4. The molecular weight excluding hydrogens is 438 g/mol. The van der Waals surface area contributed by atoms with E-state index in [9.17, 15) is 19.2 Å². The first-order chi connectivity index (χ1) is 16.4. The van der Waals surface area contributed by atoms with Crippen LogP contribution in [-0.2, 0) is 21.4 Å². The van der Waals surface area contributed by atoms with Crippen molar-refractivity contribution in [3.63, 3.8) is 0 Å². The van der Waals surface area contributed by atoms with E-state index < -0.39 is 24.1 Å². The molecule has 0 radical (unpaired) electrons. The van der Waals surface area contributed by atoms with Crippen LogP contribution in [0.4, 0.5) is 4.79 Å². The molecule has 186 valence electrons. The maximum Gasteiger partial charge on any atom is 0.328 e. The number of likely N-dealkylation sites (tertiary alicyclic amines) is 2. The Hall–Kier alpha value is -3.04. The van der Waals surface area contributed by atoms with Gasteiger partial charge < -0.3 is 29.7 Å². The van der Waals surface area contributed by atoms with Crippen LogP contribution in [0, 0.1) is 0 Å². The van der Waals surface area contributed by atoms with E-state index in [1.807, 2.05) is 0 Å². The highest BCUT2D eigenvalue weighted by atomic mass is 16.5. The number of nitrogens with one attached hydrogen (secondary N) is 2. The average molecular weight is 474 g/mol. The lowest BCUT2D eigenvalue weighted by Crippen LogP contribution is -2.59. The minimum atomic E-state index is -0.884. The Balaban J connectivity index is 1.54. The molecule has 10 nitrogen and oxygen atoms in total. The molecule has 1 aliphatic carbocycles. The number of esters is 1. The number of urea groups is 1. The fourth-order valence-corrected chi connectivity index (χ4v) is 5.53. The van der Waals surface area contributed by atoms with Gasteiger partial charge in [0.2, 0.25) is 5.91 Å². The zero-order valence-corrected chi connectivity index (χ0v) is 20.0. The molecule has 2 saturated heterocycles. The van der Waals surface area contributed by atoms with Gasteiger partial charge in [-0.25, -0.2) is 9.59 Å². The van der Waals surface area contributed by atoms with Gasteiger partial charge in [0.15, 0.2) is 0 Å². The van der Waals surface area contributed by atoms with Crippen molar-refractivity contribution in [3.05, 3.63) is 24.0 Å². The third-order valence-corrected chi connectivity index (χ3v) is 7.34. The van der Waals surface area contributed by atoms with E-state index in [0.717, 1.165) is 25.7 Å². The van der Waals surface area contributed by atoms with E-state index in [-0.39, 0.29) is 23.9 Å². The summed E-state index contributed by atoms with van der Waals surface area (Å²) in [4.78, 5) is 55.3. The highest BCUT2D eigenvalue weighted by molar-refractivity contribution is 5.98. The quantitative estimate of drug-likeness (QED) is 0.628. The van der Waals surface area contributed by atoms with Crippen LogP contribution in [0.5, 0.6) is 0 Å². The van der Waals surface area contributed by atoms with Crippen LogP contribution in [-0.4, -0.2) is 82.5 Å². The van der Waals surface area contributed by atoms with E-state index in [2.05, 4.69) is 10.6 Å².